The summed E-state index contributed by atoms with van der Waals surface area (Å²) in [7, 11) is 1.57. The van der Waals surface area contributed by atoms with Crippen molar-refractivity contribution in [3.05, 3.63) is 36.0 Å². The van der Waals surface area contributed by atoms with Crippen LogP contribution in [0.25, 0.3) is 0 Å². The predicted octanol–water partition coefficient (Wildman–Crippen LogP) is 4.64. The highest BCUT2D eigenvalue weighted by molar-refractivity contribution is 5.70. The van der Waals surface area contributed by atoms with Crippen LogP contribution in [-0.4, -0.2) is 125 Å². The molecule has 11 heteroatoms. The second-order valence-corrected chi connectivity index (χ2v) is 15.4. The van der Waals surface area contributed by atoms with Crippen LogP contribution in [0.3, 0.4) is 0 Å². The van der Waals surface area contributed by atoms with Crippen molar-refractivity contribution in [2.24, 2.45) is 17.8 Å². The van der Waals surface area contributed by atoms with Gasteiger partial charge in [0, 0.05) is 58.1 Å². The molecule has 0 aliphatic carbocycles. The van der Waals surface area contributed by atoms with Crippen LogP contribution in [-0.2, 0) is 23.7 Å². The summed E-state index contributed by atoms with van der Waals surface area (Å²) in [4.78, 5) is 30.5. The van der Waals surface area contributed by atoms with Crippen LogP contribution in [0, 0.1) is 17.8 Å². The number of esters is 1. The van der Waals surface area contributed by atoms with Crippen molar-refractivity contribution in [2.45, 2.75) is 135 Å². The molecule has 49 heavy (non-hydrogen) atoms. The van der Waals surface area contributed by atoms with E-state index < -0.39 is 47.7 Å². The van der Waals surface area contributed by atoms with Gasteiger partial charge in [0.05, 0.1) is 36.4 Å². The Labute approximate surface area is 294 Å². The van der Waals surface area contributed by atoms with Gasteiger partial charge in [-0.1, -0.05) is 58.9 Å². The molecule has 3 aliphatic heterocycles. The third-order valence-electron chi connectivity index (χ3n) is 10.3. The molecular formula is C38H64N2O9. The standard InChI is InChI=1S/C38H64N2O9/c1-10-30(42)28(6)35-31(47-35)23-37(7,45)16-11-12-26(4)34-27(5)13-14-32(38(8,46-9)17-15-29(41)22-33(43)49-34)48-36(44)40-20-18-39(19-21-40)24-25(2)3/h11-14,16,25,27-32,34-35,41-42,45H,10,15,17-24H2,1-9H3/b14-13-,16-11+,26-12+. The Morgan fingerprint density at radius 2 is 1.88 bits per heavy atom. The lowest BCUT2D eigenvalue weighted by molar-refractivity contribution is -0.151. The molecule has 280 valence electrons. The van der Waals surface area contributed by atoms with E-state index in [0.717, 1.165) is 25.2 Å². The summed E-state index contributed by atoms with van der Waals surface area (Å²) in [5.41, 5.74) is -1.35. The molecule has 0 spiro atoms. The smallest absolute Gasteiger partial charge is 0.410 e. The maximum atomic E-state index is 13.4. The molecule has 0 bridgehead atoms. The Hall–Kier alpha value is -2.28. The minimum atomic E-state index is -1.14. The van der Waals surface area contributed by atoms with Crippen LogP contribution in [0.1, 0.15) is 87.5 Å². The van der Waals surface area contributed by atoms with Crippen LogP contribution >= 0.6 is 0 Å². The van der Waals surface area contributed by atoms with Crippen LogP contribution in [0.15, 0.2) is 36.0 Å². The second kappa shape index (κ2) is 18.3. The van der Waals surface area contributed by atoms with E-state index in [1.165, 1.54) is 0 Å². The molecule has 0 aromatic rings. The fourth-order valence-electron chi connectivity index (χ4n) is 6.82. The number of piperazine rings is 1. The van der Waals surface area contributed by atoms with Crippen molar-refractivity contribution >= 4 is 12.1 Å². The van der Waals surface area contributed by atoms with Gasteiger partial charge in [-0.05, 0) is 57.6 Å². The summed E-state index contributed by atoms with van der Waals surface area (Å²) in [5, 5.41) is 32.0. The number of allylic oxidation sites excluding steroid dienone is 2. The van der Waals surface area contributed by atoms with E-state index >= 15 is 0 Å². The lowest BCUT2D eigenvalue weighted by Crippen LogP contribution is -2.52. The van der Waals surface area contributed by atoms with Crippen LogP contribution in [0.4, 0.5) is 4.79 Å². The first-order chi connectivity index (χ1) is 23.0. The summed E-state index contributed by atoms with van der Waals surface area (Å²) in [6.07, 6.45) is 7.01. The van der Waals surface area contributed by atoms with Gasteiger partial charge in [-0.25, -0.2) is 4.79 Å². The van der Waals surface area contributed by atoms with Gasteiger partial charge in [-0.15, -0.1) is 0 Å². The number of amides is 1. The highest BCUT2D eigenvalue weighted by Crippen LogP contribution is 2.37. The van der Waals surface area contributed by atoms with Crippen molar-refractivity contribution in [1.82, 2.24) is 9.80 Å². The Morgan fingerprint density at radius 3 is 2.49 bits per heavy atom. The van der Waals surface area contributed by atoms with E-state index in [2.05, 4.69) is 18.7 Å². The number of rotatable bonds is 12. The fourth-order valence-corrected chi connectivity index (χ4v) is 6.82. The SMILES string of the molecule is CCC(O)C(C)C1OC1CC(C)(O)/C=C/C=C(\C)C1OC(=O)CC(O)CCC(C)(OC)C(OC(=O)N2CCN(CC(C)C)CC2)/C=C\C1C. The van der Waals surface area contributed by atoms with E-state index in [0.29, 0.717) is 38.3 Å². The summed E-state index contributed by atoms with van der Waals surface area (Å²) in [5.74, 6) is -0.282. The third kappa shape index (κ3) is 12.5. The first kappa shape index (κ1) is 41.1. The predicted molar refractivity (Wildman–Crippen MR) is 189 cm³/mol. The number of methoxy groups -OCH3 is 1. The molecule has 0 aromatic carbocycles. The van der Waals surface area contributed by atoms with Gasteiger partial charge in [0.25, 0.3) is 0 Å². The van der Waals surface area contributed by atoms with Gasteiger partial charge in [-0.3, -0.25) is 9.69 Å². The van der Waals surface area contributed by atoms with Crippen molar-refractivity contribution in [3.63, 3.8) is 0 Å². The van der Waals surface area contributed by atoms with E-state index in [1.807, 2.05) is 52.8 Å². The largest absolute Gasteiger partial charge is 0.457 e. The zero-order chi connectivity index (χ0) is 36.5. The fraction of sp³-hybridized carbons (Fsp3) is 0.789. The highest BCUT2D eigenvalue weighted by atomic mass is 16.6. The summed E-state index contributed by atoms with van der Waals surface area (Å²) in [6.45, 7) is 19.4. The zero-order valence-electron chi connectivity index (χ0n) is 31.3. The molecule has 3 aliphatic rings. The number of hydrogen-bond donors (Lipinski definition) is 3. The number of aliphatic hydroxyl groups is 3. The van der Waals surface area contributed by atoms with Crippen LogP contribution < -0.4 is 0 Å². The lowest BCUT2D eigenvalue weighted by Gasteiger charge is -2.39. The van der Waals surface area contributed by atoms with Gasteiger partial charge in [0.2, 0.25) is 0 Å². The monoisotopic (exact) mass is 692 g/mol. The van der Waals surface area contributed by atoms with Crippen LogP contribution in [0.2, 0.25) is 0 Å². The van der Waals surface area contributed by atoms with Crippen molar-refractivity contribution in [2.75, 3.05) is 39.8 Å². The Morgan fingerprint density at radius 1 is 1.20 bits per heavy atom. The number of aliphatic hydroxyl groups excluding tert-OH is 2. The van der Waals surface area contributed by atoms with Gasteiger partial charge in [0.1, 0.15) is 11.7 Å². The average Bonchev–Trinajstić information content (AvgIpc) is 3.80. The van der Waals surface area contributed by atoms with E-state index in [4.69, 9.17) is 18.9 Å². The molecule has 1 amide bonds. The lowest BCUT2D eigenvalue weighted by atomic mass is 9.88. The maximum absolute atomic E-state index is 13.4. The number of hydrogen-bond acceptors (Lipinski definition) is 10. The minimum Gasteiger partial charge on any atom is -0.457 e. The normalized spacial score (nSPS) is 34.0. The van der Waals surface area contributed by atoms with Gasteiger partial charge in [-0.2, -0.15) is 0 Å². The molecule has 2 fully saturated rings. The number of nitrogens with zero attached hydrogens (tertiary/aromatic N) is 2. The number of cyclic esters (lactones) is 1. The molecule has 0 aromatic heterocycles. The molecule has 2 saturated heterocycles. The molecular weight excluding hydrogens is 628 g/mol. The van der Waals surface area contributed by atoms with Gasteiger partial charge >= 0.3 is 12.1 Å². The molecule has 10 atom stereocenters. The Balaban J connectivity index is 1.76. The molecule has 3 heterocycles. The number of ether oxygens (including phenoxy) is 4. The summed E-state index contributed by atoms with van der Waals surface area (Å²) in [6, 6.07) is 0. The first-order valence-electron chi connectivity index (χ1n) is 18.2. The van der Waals surface area contributed by atoms with E-state index in [1.54, 1.807) is 31.1 Å². The highest BCUT2D eigenvalue weighted by Gasteiger charge is 2.47. The van der Waals surface area contributed by atoms with E-state index in [9.17, 15) is 24.9 Å². The van der Waals surface area contributed by atoms with E-state index in [-0.39, 0.29) is 36.9 Å². The Bertz CT molecular complexity index is 1160. The second-order valence-electron chi connectivity index (χ2n) is 15.4. The molecule has 3 rings (SSSR count). The number of carbonyl (C=O) groups is 2. The summed E-state index contributed by atoms with van der Waals surface area (Å²) < 4.78 is 23.7. The molecule has 11 nitrogen and oxygen atoms in total. The van der Waals surface area contributed by atoms with Crippen LogP contribution in [0.5, 0.6) is 0 Å². The molecule has 10 unspecified atom stereocenters. The topological polar surface area (TPSA) is 142 Å². The van der Waals surface area contributed by atoms with Crippen molar-refractivity contribution in [1.29, 1.82) is 0 Å². The zero-order valence-corrected chi connectivity index (χ0v) is 31.3. The summed E-state index contributed by atoms with van der Waals surface area (Å²) >= 11 is 0. The first-order valence-corrected chi connectivity index (χ1v) is 18.2. The quantitative estimate of drug-likeness (QED) is 0.115. The van der Waals surface area contributed by atoms with Gasteiger partial charge < -0.3 is 39.2 Å². The average molecular weight is 693 g/mol. The third-order valence-corrected chi connectivity index (χ3v) is 10.3. The van der Waals surface area contributed by atoms with Gasteiger partial charge in [0.15, 0.2) is 6.10 Å². The molecule has 3 N–H and O–H groups in total. The number of epoxide rings is 1. The molecule has 0 saturated carbocycles. The minimum absolute atomic E-state index is 0.00377. The van der Waals surface area contributed by atoms with Crippen molar-refractivity contribution < 1.29 is 43.9 Å². The van der Waals surface area contributed by atoms with Crippen molar-refractivity contribution in [3.8, 4) is 0 Å². The Kier molecular flexibility index (Phi) is 15.4. The maximum Gasteiger partial charge on any atom is 0.410 e. The molecule has 0 radical (unpaired) electrons. The number of carbonyl (C=O) groups excluding carboxylic acids is 2.